The van der Waals surface area contributed by atoms with Crippen molar-refractivity contribution in [2.45, 2.75) is 51.4 Å². The lowest BCUT2D eigenvalue weighted by Crippen LogP contribution is -2.22. The molecule has 0 saturated heterocycles. The molecule has 0 aliphatic heterocycles. The smallest absolute Gasteiger partial charge is 0.170 e. The van der Waals surface area contributed by atoms with Gasteiger partial charge < -0.3 is 0 Å². The number of Topliss-reactive ketones (excluding diaryl/α,β-unsaturated/α-hetero) is 1. The van der Waals surface area contributed by atoms with E-state index < -0.39 is 0 Å². The maximum absolute atomic E-state index is 13.1. The zero-order valence-electron chi connectivity index (χ0n) is 13.0. The van der Waals surface area contributed by atoms with E-state index in [-0.39, 0.29) is 11.3 Å². The van der Waals surface area contributed by atoms with Crippen LogP contribution < -0.4 is 0 Å². The Morgan fingerprint density at radius 1 is 1.19 bits per heavy atom. The van der Waals surface area contributed by atoms with Crippen LogP contribution in [0.15, 0.2) is 35.7 Å². The van der Waals surface area contributed by atoms with Crippen LogP contribution in [0.1, 0.15) is 65.9 Å². The summed E-state index contributed by atoms with van der Waals surface area (Å²) in [6.07, 6.45) is 3.25. The minimum absolute atomic E-state index is 0.00159. The van der Waals surface area contributed by atoms with Crippen LogP contribution in [0.5, 0.6) is 0 Å². The number of hydrogen-bond donors (Lipinski definition) is 0. The van der Waals surface area contributed by atoms with Crippen molar-refractivity contribution < 1.29 is 4.79 Å². The summed E-state index contributed by atoms with van der Waals surface area (Å²) in [5.74, 6) is 0.364. The largest absolute Gasteiger partial charge is 0.293 e. The van der Waals surface area contributed by atoms with Gasteiger partial charge in [-0.25, -0.2) is 0 Å². The molecule has 1 heterocycles. The van der Waals surface area contributed by atoms with Crippen molar-refractivity contribution >= 4 is 17.1 Å². The Morgan fingerprint density at radius 3 is 2.71 bits per heavy atom. The second-order valence-electron chi connectivity index (χ2n) is 6.90. The number of rotatable bonds is 2. The fraction of sp³-hybridized carbons (Fsp3) is 0.421. The van der Waals surface area contributed by atoms with Gasteiger partial charge in [-0.15, -0.1) is 11.3 Å². The van der Waals surface area contributed by atoms with Gasteiger partial charge in [0.2, 0.25) is 0 Å². The van der Waals surface area contributed by atoms with Crippen molar-refractivity contribution in [3.05, 3.63) is 57.3 Å². The molecule has 0 spiro atoms. The first-order chi connectivity index (χ1) is 9.98. The summed E-state index contributed by atoms with van der Waals surface area (Å²) < 4.78 is 0. The van der Waals surface area contributed by atoms with Gasteiger partial charge in [-0.05, 0) is 47.3 Å². The standard InChI is InChI=1S/C19H22OS/c1-19(2,3)16-9-5-4-7-15(16)18(20)14-8-6-10-17-13(14)11-12-21-17/h4-5,7,9,11-12,14H,6,8,10H2,1-3H3. The van der Waals surface area contributed by atoms with Crippen LogP contribution in [-0.4, -0.2) is 5.78 Å². The molecule has 1 aromatic carbocycles. The topological polar surface area (TPSA) is 17.1 Å². The first-order valence-corrected chi connectivity index (χ1v) is 8.56. The molecule has 0 amide bonds. The molecule has 21 heavy (non-hydrogen) atoms. The van der Waals surface area contributed by atoms with Gasteiger partial charge >= 0.3 is 0 Å². The third-order valence-electron chi connectivity index (χ3n) is 4.37. The van der Waals surface area contributed by atoms with Crippen LogP contribution in [0.2, 0.25) is 0 Å². The minimum atomic E-state index is -0.00159. The Bertz CT molecular complexity index is 660. The maximum atomic E-state index is 13.1. The fourth-order valence-corrected chi connectivity index (χ4v) is 4.29. The summed E-state index contributed by atoms with van der Waals surface area (Å²) >= 11 is 1.80. The Kier molecular flexibility index (Phi) is 3.75. The maximum Gasteiger partial charge on any atom is 0.170 e. The molecule has 0 bridgehead atoms. The average Bonchev–Trinajstić information content (AvgIpc) is 2.94. The quantitative estimate of drug-likeness (QED) is 0.683. The van der Waals surface area contributed by atoms with E-state index in [0.29, 0.717) is 5.78 Å². The SMILES string of the molecule is CC(C)(C)c1ccccc1C(=O)C1CCCc2sccc21. The molecule has 0 radical (unpaired) electrons. The molecule has 1 nitrogen and oxygen atoms in total. The van der Waals surface area contributed by atoms with Gasteiger partial charge in [0.05, 0.1) is 0 Å². The second-order valence-corrected chi connectivity index (χ2v) is 7.90. The number of thiophene rings is 1. The highest BCUT2D eigenvalue weighted by atomic mass is 32.1. The average molecular weight is 298 g/mol. The number of ketones is 1. The highest BCUT2D eigenvalue weighted by molar-refractivity contribution is 7.10. The van der Waals surface area contributed by atoms with Gasteiger partial charge in [0.1, 0.15) is 0 Å². The molecule has 0 fully saturated rings. The van der Waals surface area contributed by atoms with E-state index in [2.05, 4.69) is 38.3 Å². The van der Waals surface area contributed by atoms with E-state index in [1.54, 1.807) is 11.3 Å². The molecule has 1 aliphatic rings. The van der Waals surface area contributed by atoms with Crippen molar-refractivity contribution in [1.29, 1.82) is 0 Å². The third-order valence-corrected chi connectivity index (χ3v) is 5.37. The zero-order valence-corrected chi connectivity index (χ0v) is 13.8. The Hall–Kier alpha value is -1.41. The number of aryl methyl sites for hydroxylation is 1. The predicted molar refractivity (Wildman–Crippen MR) is 89.5 cm³/mol. The molecule has 1 atom stereocenters. The van der Waals surface area contributed by atoms with Gasteiger partial charge in [0.25, 0.3) is 0 Å². The molecule has 1 aliphatic carbocycles. The first-order valence-electron chi connectivity index (χ1n) is 7.68. The number of carbonyl (C=O) groups excluding carboxylic acids is 1. The molecular formula is C19H22OS. The van der Waals surface area contributed by atoms with Gasteiger partial charge in [-0.2, -0.15) is 0 Å². The van der Waals surface area contributed by atoms with Crippen molar-refractivity contribution in [1.82, 2.24) is 0 Å². The summed E-state index contributed by atoms with van der Waals surface area (Å²) in [5, 5.41) is 2.13. The summed E-state index contributed by atoms with van der Waals surface area (Å²) in [6.45, 7) is 6.53. The van der Waals surface area contributed by atoms with Crippen molar-refractivity contribution in [2.75, 3.05) is 0 Å². The van der Waals surface area contributed by atoms with E-state index >= 15 is 0 Å². The summed E-state index contributed by atoms with van der Waals surface area (Å²) in [5.41, 5.74) is 3.35. The monoisotopic (exact) mass is 298 g/mol. The van der Waals surface area contributed by atoms with Crippen molar-refractivity contribution in [2.24, 2.45) is 0 Å². The number of carbonyl (C=O) groups is 1. The van der Waals surface area contributed by atoms with Crippen LogP contribution in [0, 0.1) is 0 Å². The van der Waals surface area contributed by atoms with Crippen molar-refractivity contribution in [3.63, 3.8) is 0 Å². The predicted octanol–water partition coefficient (Wildman–Crippen LogP) is 5.35. The number of hydrogen-bond acceptors (Lipinski definition) is 2. The molecule has 3 rings (SSSR count). The van der Waals surface area contributed by atoms with Gasteiger partial charge in [0.15, 0.2) is 5.78 Å². The highest BCUT2D eigenvalue weighted by Gasteiger charge is 2.30. The van der Waals surface area contributed by atoms with Gasteiger partial charge in [-0.3, -0.25) is 4.79 Å². The second kappa shape index (κ2) is 5.42. The fourth-order valence-electron chi connectivity index (χ4n) is 3.30. The van der Waals surface area contributed by atoms with E-state index in [9.17, 15) is 4.79 Å². The Morgan fingerprint density at radius 2 is 1.95 bits per heavy atom. The molecule has 2 heteroatoms. The summed E-state index contributed by atoms with van der Waals surface area (Å²) in [4.78, 5) is 14.5. The first kappa shape index (κ1) is 14.5. The van der Waals surface area contributed by atoms with E-state index in [1.807, 2.05) is 18.2 Å². The van der Waals surface area contributed by atoms with Crippen LogP contribution >= 0.6 is 11.3 Å². The minimum Gasteiger partial charge on any atom is -0.293 e. The molecule has 1 aromatic heterocycles. The zero-order chi connectivity index (χ0) is 15.0. The molecule has 2 aromatic rings. The molecule has 1 unspecified atom stereocenters. The van der Waals surface area contributed by atoms with E-state index in [4.69, 9.17) is 0 Å². The molecule has 0 saturated carbocycles. The van der Waals surface area contributed by atoms with Crippen LogP contribution in [-0.2, 0) is 11.8 Å². The van der Waals surface area contributed by atoms with Crippen LogP contribution in [0.3, 0.4) is 0 Å². The van der Waals surface area contributed by atoms with E-state index in [1.165, 1.54) is 10.4 Å². The van der Waals surface area contributed by atoms with Crippen LogP contribution in [0.4, 0.5) is 0 Å². The molecule has 0 N–H and O–H groups in total. The van der Waals surface area contributed by atoms with E-state index in [0.717, 1.165) is 30.4 Å². The van der Waals surface area contributed by atoms with Gasteiger partial charge in [0, 0.05) is 16.4 Å². The number of fused-ring (bicyclic) bond motifs is 1. The molecule has 110 valence electrons. The Labute approximate surface area is 131 Å². The third kappa shape index (κ3) is 2.69. The lowest BCUT2D eigenvalue weighted by Gasteiger charge is -2.26. The highest BCUT2D eigenvalue weighted by Crippen LogP contribution is 2.38. The van der Waals surface area contributed by atoms with Crippen molar-refractivity contribution in [3.8, 4) is 0 Å². The van der Waals surface area contributed by atoms with Gasteiger partial charge in [-0.1, -0.05) is 45.0 Å². The number of benzene rings is 1. The Balaban J connectivity index is 2.02. The summed E-state index contributed by atoms with van der Waals surface area (Å²) in [6, 6.07) is 10.3. The molecular weight excluding hydrogens is 276 g/mol. The lowest BCUT2D eigenvalue weighted by molar-refractivity contribution is 0.0949. The lowest BCUT2D eigenvalue weighted by atomic mass is 9.77. The summed E-state index contributed by atoms with van der Waals surface area (Å²) in [7, 11) is 0. The normalized spacial score (nSPS) is 18.3. The van der Waals surface area contributed by atoms with Crippen LogP contribution in [0.25, 0.3) is 0 Å².